The number of hydrogen-bond acceptors (Lipinski definition) is 4. The number of carbonyl (C=O) groups is 2. The van der Waals surface area contributed by atoms with Gasteiger partial charge in [0, 0.05) is 6.54 Å². The maximum absolute atomic E-state index is 11.1. The molecule has 0 unspecified atom stereocenters. The zero-order valence-corrected chi connectivity index (χ0v) is 8.75. The highest BCUT2D eigenvalue weighted by Gasteiger charge is 2.03. The van der Waals surface area contributed by atoms with E-state index in [-0.39, 0.29) is 12.5 Å². The molecule has 1 aromatic rings. The lowest BCUT2D eigenvalue weighted by molar-refractivity contribution is -0.143. The summed E-state index contributed by atoms with van der Waals surface area (Å²) in [6.07, 6.45) is 0. The number of carboxylic acid groups (broad SMARTS) is 1. The number of amides is 1. The molecule has 1 aromatic heterocycles. The molecule has 0 spiro atoms. The molecule has 0 aliphatic heterocycles. The minimum atomic E-state index is -1.08. The molecule has 2 N–H and O–H groups in total. The van der Waals surface area contributed by atoms with E-state index in [2.05, 4.69) is 10.1 Å². The van der Waals surface area contributed by atoms with E-state index in [0.717, 1.165) is 5.56 Å². The van der Waals surface area contributed by atoms with Crippen LogP contribution in [-0.2, 0) is 20.9 Å². The molecule has 0 atom stereocenters. The van der Waals surface area contributed by atoms with Crippen molar-refractivity contribution >= 4 is 23.2 Å². The molecular formula is C9H11NO4S. The fourth-order valence-electron chi connectivity index (χ4n) is 0.876. The molecule has 6 heteroatoms. The molecule has 0 fully saturated rings. The van der Waals surface area contributed by atoms with Crippen LogP contribution in [0.2, 0.25) is 0 Å². The van der Waals surface area contributed by atoms with Gasteiger partial charge in [-0.2, -0.15) is 11.3 Å². The summed E-state index contributed by atoms with van der Waals surface area (Å²) in [6, 6.07) is 1.91. The van der Waals surface area contributed by atoms with E-state index in [4.69, 9.17) is 5.11 Å². The molecule has 0 aliphatic carbocycles. The lowest BCUT2D eigenvalue weighted by Gasteiger charge is -2.03. The molecule has 0 saturated carbocycles. The van der Waals surface area contributed by atoms with E-state index in [1.54, 1.807) is 11.3 Å². The topological polar surface area (TPSA) is 75.6 Å². The molecule has 82 valence electrons. The highest BCUT2D eigenvalue weighted by atomic mass is 32.1. The molecule has 1 amide bonds. The maximum atomic E-state index is 11.1. The molecule has 0 saturated heterocycles. The number of rotatable bonds is 6. The second-order valence-corrected chi connectivity index (χ2v) is 3.57. The summed E-state index contributed by atoms with van der Waals surface area (Å²) < 4.78 is 4.62. The standard InChI is InChI=1S/C9H11NO4S/c11-8(4-14-5-9(12)13)10-3-7-1-2-15-6-7/h1-2,6H,3-5H2,(H,10,11)(H,12,13). The highest BCUT2D eigenvalue weighted by molar-refractivity contribution is 7.07. The first kappa shape index (κ1) is 11.7. The Hall–Kier alpha value is -1.40. The van der Waals surface area contributed by atoms with Crippen LogP contribution in [0.15, 0.2) is 16.8 Å². The molecule has 0 radical (unpaired) electrons. The lowest BCUT2D eigenvalue weighted by Crippen LogP contribution is -2.27. The number of carboxylic acids is 1. The number of aliphatic carboxylic acids is 1. The number of ether oxygens (including phenoxy) is 1. The summed E-state index contributed by atoms with van der Waals surface area (Å²) in [5, 5.41) is 14.7. The van der Waals surface area contributed by atoms with Crippen LogP contribution in [0.4, 0.5) is 0 Å². The zero-order chi connectivity index (χ0) is 11.1. The lowest BCUT2D eigenvalue weighted by atomic mass is 10.3. The summed E-state index contributed by atoms with van der Waals surface area (Å²) in [6.45, 7) is -0.235. The second kappa shape index (κ2) is 6.15. The van der Waals surface area contributed by atoms with Gasteiger partial charge in [0.15, 0.2) is 0 Å². The Kier molecular flexibility index (Phi) is 4.79. The number of carbonyl (C=O) groups excluding carboxylic acids is 1. The van der Waals surface area contributed by atoms with Crippen molar-refractivity contribution < 1.29 is 19.4 Å². The summed E-state index contributed by atoms with van der Waals surface area (Å²) in [5.74, 6) is -1.40. The van der Waals surface area contributed by atoms with Crippen molar-refractivity contribution in [3.8, 4) is 0 Å². The Labute approximate surface area is 90.7 Å². The van der Waals surface area contributed by atoms with Gasteiger partial charge in [-0.05, 0) is 22.4 Å². The van der Waals surface area contributed by atoms with Gasteiger partial charge in [0.05, 0.1) is 0 Å². The molecule has 0 bridgehead atoms. The van der Waals surface area contributed by atoms with Crippen LogP contribution in [0.1, 0.15) is 5.56 Å². The average molecular weight is 229 g/mol. The van der Waals surface area contributed by atoms with Crippen molar-refractivity contribution in [2.45, 2.75) is 6.54 Å². The van der Waals surface area contributed by atoms with Gasteiger partial charge < -0.3 is 15.2 Å². The Morgan fingerprint density at radius 1 is 1.47 bits per heavy atom. The molecule has 15 heavy (non-hydrogen) atoms. The number of hydrogen-bond donors (Lipinski definition) is 2. The fraction of sp³-hybridized carbons (Fsp3) is 0.333. The SMILES string of the molecule is O=C(O)COCC(=O)NCc1ccsc1. The minimum Gasteiger partial charge on any atom is -0.480 e. The normalized spacial score (nSPS) is 9.87. The van der Waals surface area contributed by atoms with Crippen molar-refractivity contribution in [3.05, 3.63) is 22.4 Å². The van der Waals surface area contributed by atoms with Gasteiger partial charge in [-0.15, -0.1) is 0 Å². The smallest absolute Gasteiger partial charge is 0.329 e. The molecular weight excluding hydrogens is 218 g/mol. The largest absolute Gasteiger partial charge is 0.480 e. The van der Waals surface area contributed by atoms with Gasteiger partial charge >= 0.3 is 5.97 Å². The summed E-state index contributed by atoms with van der Waals surface area (Å²) >= 11 is 1.55. The molecule has 1 rings (SSSR count). The molecule has 0 aliphatic rings. The van der Waals surface area contributed by atoms with E-state index < -0.39 is 12.6 Å². The highest BCUT2D eigenvalue weighted by Crippen LogP contribution is 2.04. The van der Waals surface area contributed by atoms with Crippen molar-refractivity contribution in [1.29, 1.82) is 0 Å². The number of nitrogens with one attached hydrogen (secondary N) is 1. The van der Waals surface area contributed by atoms with Crippen molar-refractivity contribution in [3.63, 3.8) is 0 Å². The third-order valence-electron chi connectivity index (χ3n) is 1.53. The van der Waals surface area contributed by atoms with Crippen molar-refractivity contribution in [2.24, 2.45) is 0 Å². The molecule has 1 heterocycles. The number of thiophene rings is 1. The first-order chi connectivity index (χ1) is 7.18. The van der Waals surface area contributed by atoms with Gasteiger partial charge in [-0.25, -0.2) is 4.79 Å². The Balaban J connectivity index is 2.11. The van der Waals surface area contributed by atoms with Gasteiger partial charge in [0.1, 0.15) is 13.2 Å². The van der Waals surface area contributed by atoms with E-state index in [1.807, 2.05) is 16.8 Å². The monoisotopic (exact) mass is 229 g/mol. The van der Waals surface area contributed by atoms with Gasteiger partial charge in [0.2, 0.25) is 5.91 Å². The molecule has 0 aromatic carbocycles. The van der Waals surface area contributed by atoms with Crippen LogP contribution >= 0.6 is 11.3 Å². The Morgan fingerprint density at radius 3 is 2.87 bits per heavy atom. The maximum Gasteiger partial charge on any atom is 0.329 e. The van der Waals surface area contributed by atoms with Crippen molar-refractivity contribution in [2.75, 3.05) is 13.2 Å². The van der Waals surface area contributed by atoms with Crippen LogP contribution in [0, 0.1) is 0 Å². The quantitative estimate of drug-likeness (QED) is 0.743. The van der Waals surface area contributed by atoms with Crippen LogP contribution in [0.3, 0.4) is 0 Å². The van der Waals surface area contributed by atoms with Crippen LogP contribution in [0.25, 0.3) is 0 Å². The van der Waals surface area contributed by atoms with Crippen molar-refractivity contribution in [1.82, 2.24) is 5.32 Å². The summed E-state index contributed by atoms with van der Waals surface area (Å²) in [5.41, 5.74) is 1.02. The van der Waals surface area contributed by atoms with Gasteiger partial charge in [-0.3, -0.25) is 4.79 Å². The van der Waals surface area contributed by atoms with E-state index in [1.165, 1.54) is 0 Å². The molecule has 5 nitrogen and oxygen atoms in total. The van der Waals surface area contributed by atoms with Gasteiger partial charge in [-0.1, -0.05) is 0 Å². The van der Waals surface area contributed by atoms with Crippen LogP contribution in [0.5, 0.6) is 0 Å². The van der Waals surface area contributed by atoms with Crippen LogP contribution < -0.4 is 5.32 Å². The average Bonchev–Trinajstić information content (AvgIpc) is 2.66. The fourth-order valence-corrected chi connectivity index (χ4v) is 1.54. The van der Waals surface area contributed by atoms with Crippen LogP contribution in [-0.4, -0.2) is 30.2 Å². The van der Waals surface area contributed by atoms with Gasteiger partial charge in [0.25, 0.3) is 0 Å². The van der Waals surface area contributed by atoms with E-state index in [9.17, 15) is 9.59 Å². The van der Waals surface area contributed by atoms with E-state index in [0.29, 0.717) is 6.54 Å². The first-order valence-electron chi connectivity index (χ1n) is 4.26. The first-order valence-corrected chi connectivity index (χ1v) is 5.20. The zero-order valence-electron chi connectivity index (χ0n) is 7.93. The second-order valence-electron chi connectivity index (χ2n) is 2.79. The Bertz CT molecular complexity index is 323. The predicted octanol–water partition coefficient (Wildman–Crippen LogP) is 0.466. The minimum absolute atomic E-state index is 0.226. The summed E-state index contributed by atoms with van der Waals surface area (Å²) in [7, 11) is 0. The third-order valence-corrected chi connectivity index (χ3v) is 2.26. The summed E-state index contributed by atoms with van der Waals surface area (Å²) in [4.78, 5) is 21.2. The Morgan fingerprint density at radius 2 is 2.27 bits per heavy atom. The van der Waals surface area contributed by atoms with E-state index >= 15 is 0 Å². The third kappa shape index (κ3) is 5.14. The predicted molar refractivity (Wildman–Crippen MR) is 54.6 cm³/mol.